The number of carbonyl (C=O) groups is 3. The maximum atomic E-state index is 14.3. The molecular formula is C34H34N4O6. The lowest BCUT2D eigenvalue weighted by Crippen LogP contribution is -2.46. The largest absolute Gasteiger partial charge is 0.475 e. The molecule has 10 heteroatoms. The van der Waals surface area contributed by atoms with Gasteiger partial charge in [-0.25, -0.2) is 4.79 Å². The number of aromatic carboxylic acids is 1. The highest BCUT2D eigenvalue weighted by Crippen LogP contribution is 2.32. The van der Waals surface area contributed by atoms with Crippen molar-refractivity contribution in [3.63, 3.8) is 0 Å². The summed E-state index contributed by atoms with van der Waals surface area (Å²) in [5, 5.41) is 16.9. The van der Waals surface area contributed by atoms with Crippen LogP contribution in [0.2, 0.25) is 0 Å². The molecule has 0 radical (unpaired) electrons. The summed E-state index contributed by atoms with van der Waals surface area (Å²) in [4.78, 5) is 44.9. The zero-order chi connectivity index (χ0) is 31.6. The molecule has 10 nitrogen and oxygen atoms in total. The smallest absolute Gasteiger partial charge is 0.377 e. The van der Waals surface area contributed by atoms with Crippen LogP contribution in [0.25, 0.3) is 21.5 Å². The number of fused-ring (bicyclic) bond motifs is 2. The van der Waals surface area contributed by atoms with E-state index in [1.165, 1.54) is 11.9 Å². The molecule has 0 fully saturated rings. The maximum Gasteiger partial charge on any atom is 0.377 e. The Balaban J connectivity index is 1.54. The number of rotatable bonds is 9. The molecule has 0 spiro atoms. The Morgan fingerprint density at radius 3 is 2.09 bits per heavy atom. The molecule has 1 unspecified atom stereocenters. The van der Waals surface area contributed by atoms with Crippen molar-refractivity contribution in [1.29, 1.82) is 0 Å². The van der Waals surface area contributed by atoms with Gasteiger partial charge in [0, 0.05) is 13.5 Å². The van der Waals surface area contributed by atoms with E-state index in [4.69, 9.17) is 15.0 Å². The Bertz CT molecular complexity index is 1840. The molecule has 1 aromatic heterocycles. The summed E-state index contributed by atoms with van der Waals surface area (Å²) in [7, 11) is 1.50. The first-order valence-corrected chi connectivity index (χ1v) is 14.2. The number of carbonyl (C=O) groups excluding carboxylic acids is 2. The van der Waals surface area contributed by atoms with Crippen LogP contribution in [0.5, 0.6) is 0 Å². The van der Waals surface area contributed by atoms with Crippen molar-refractivity contribution in [3.8, 4) is 0 Å². The van der Waals surface area contributed by atoms with Crippen LogP contribution in [0.1, 0.15) is 60.5 Å². The fourth-order valence-electron chi connectivity index (χ4n) is 5.18. The number of esters is 1. The molecule has 0 saturated carbocycles. The number of aromatic nitrogens is 2. The average molecular weight is 595 g/mol. The van der Waals surface area contributed by atoms with Crippen LogP contribution in [0.4, 0.5) is 0 Å². The fraction of sp³-hybridized carbons (Fsp3) is 0.265. The van der Waals surface area contributed by atoms with Gasteiger partial charge >= 0.3 is 11.9 Å². The Hall–Kier alpha value is -5.09. The van der Waals surface area contributed by atoms with Crippen molar-refractivity contribution in [3.05, 3.63) is 108 Å². The standard InChI is InChI=1S/C34H34N4O6/c1-34(2,3)43-33(42)27(28(35)25-16-15-22-10-6-8-12-24(22)19-25)31(39)38(4)26(30-36-29(32(40)41)37-44-30)18-20-13-14-21-9-5-7-11-23(21)17-20/h5-17,19,26-28H,18,35H2,1-4H3,(H,40,41)/t26-,27-,28?/m1/s1. The summed E-state index contributed by atoms with van der Waals surface area (Å²) in [6, 6.07) is 24.9. The molecule has 226 valence electrons. The summed E-state index contributed by atoms with van der Waals surface area (Å²) in [5.41, 5.74) is 7.24. The van der Waals surface area contributed by atoms with Crippen LogP contribution in [-0.4, -0.2) is 50.6 Å². The molecule has 0 aliphatic carbocycles. The first-order valence-electron chi connectivity index (χ1n) is 14.2. The quantitative estimate of drug-likeness (QED) is 0.167. The number of benzene rings is 4. The lowest BCUT2D eigenvalue weighted by atomic mass is 9.90. The van der Waals surface area contributed by atoms with Gasteiger partial charge in [0.15, 0.2) is 5.92 Å². The third-order valence-electron chi connectivity index (χ3n) is 7.42. The molecule has 44 heavy (non-hydrogen) atoms. The van der Waals surface area contributed by atoms with Gasteiger partial charge in [-0.1, -0.05) is 78.9 Å². The normalized spacial score (nSPS) is 13.8. The summed E-state index contributed by atoms with van der Waals surface area (Å²) in [5.74, 6) is -4.85. The van der Waals surface area contributed by atoms with Crippen LogP contribution < -0.4 is 5.73 Å². The first-order chi connectivity index (χ1) is 20.9. The van der Waals surface area contributed by atoms with E-state index in [0.717, 1.165) is 27.1 Å². The van der Waals surface area contributed by atoms with E-state index in [0.29, 0.717) is 5.56 Å². The molecule has 4 aromatic carbocycles. The highest BCUT2D eigenvalue weighted by Gasteiger charge is 2.42. The third kappa shape index (κ3) is 6.60. The van der Waals surface area contributed by atoms with Crippen LogP contribution in [0, 0.1) is 5.92 Å². The second-order valence-electron chi connectivity index (χ2n) is 11.8. The van der Waals surface area contributed by atoms with E-state index in [2.05, 4.69) is 10.1 Å². The van der Waals surface area contributed by atoms with E-state index in [1.807, 2.05) is 78.9 Å². The minimum Gasteiger partial charge on any atom is -0.475 e. The zero-order valence-corrected chi connectivity index (χ0v) is 24.9. The second kappa shape index (κ2) is 12.3. The summed E-state index contributed by atoms with van der Waals surface area (Å²) < 4.78 is 11.0. The monoisotopic (exact) mass is 594 g/mol. The van der Waals surface area contributed by atoms with Gasteiger partial charge in [0.05, 0.1) is 6.04 Å². The second-order valence-corrected chi connectivity index (χ2v) is 11.8. The number of hydrogen-bond acceptors (Lipinski definition) is 8. The van der Waals surface area contributed by atoms with E-state index >= 15 is 0 Å². The van der Waals surface area contributed by atoms with Crippen LogP contribution in [0.3, 0.4) is 0 Å². The number of carboxylic acid groups (broad SMARTS) is 1. The Kier molecular flexibility index (Phi) is 8.46. The van der Waals surface area contributed by atoms with Gasteiger partial charge < -0.3 is 25.0 Å². The van der Waals surface area contributed by atoms with Gasteiger partial charge in [-0.2, -0.15) is 4.98 Å². The molecule has 5 rings (SSSR count). The van der Waals surface area contributed by atoms with Crippen molar-refractivity contribution in [2.45, 2.75) is 44.9 Å². The third-order valence-corrected chi connectivity index (χ3v) is 7.42. The molecule has 1 heterocycles. The summed E-state index contributed by atoms with van der Waals surface area (Å²) in [6.45, 7) is 5.14. The highest BCUT2D eigenvalue weighted by molar-refractivity contribution is 5.99. The lowest BCUT2D eigenvalue weighted by Gasteiger charge is -2.32. The van der Waals surface area contributed by atoms with E-state index in [9.17, 15) is 19.5 Å². The highest BCUT2D eigenvalue weighted by atomic mass is 16.6. The molecule has 0 bridgehead atoms. The lowest BCUT2D eigenvalue weighted by molar-refractivity contribution is -0.166. The van der Waals surface area contributed by atoms with Gasteiger partial charge in [0.25, 0.3) is 5.82 Å². The van der Waals surface area contributed by atoms with Crippen LogP contribution in [0.15, 0.2) is 89.5 Å². The maximum absolute atomic E-state index is 14.3. The molecule has 3 N–H and O–H groups in total. The Morgan fingerprint density at radius 2 is 1.50 bits per heavy atom. The average Bonchev–Trinajstić information content (AvgIpc) is 3.49. The van der Waals surface area contributed by atoms with Crippen molar-refractivity contribution >= 4 is 39.4 Å². The number of nitrogens with zero attached hydrogens (tertiary/aromatic N) is 3. The SMILES string of the molecule is CN(C(=O)[C@H](C(=O)OC(C)(C)C)C(N)c1ccc2ccccc2c1)[C@H](Cc1ccc2ccccc2c1)c1nc(C(=O)O)no1. The molecule has 1 amide bonds. The number of amides is 1. The number of likely N-dealkylation sites (N-methyl/N-ethyl adjacent to an activating group) is 1. The topological polar surface area (TPSA) is 149 Å². The van der Waals surface area contributed by atoms with E-state index in [-0.39, 0.29) is 12.3 Å². The number of nitrogens with two attached hydrogens (primary N) is 1. The molecule has 0 aliphatic heterocycles. The van der Waals surface area contributed by atoms with Crippen molar-refractivity contribution in [2.75, 3.05) is 7.05 Å². The van der Waals surface area contributed by atoms with Crippen LogP contribution >= 0.6 is 0 Å². The van der Waals surface area contributed by atoms with Crippen LogP contribution in [-0.2, 0) is 20.7 Å². The van der Waals surface area contributed by atoms with Gasteiger partial charge in [-0.3, -0.25) is 9.59 Å². The minimum atomic E-state index is -1.43. The molecule has 3 atom stereocenters. The minimum absolute atomic E-state index is 0.0892. The number of hydrogen-bond donors (Lipinski definition) is 2. The van der Waals surface area contributed by atoms with Gasteiger partial charge in [-0.05, 0) is 64.7 Å². The molecule has 0 saturated heterocycles. The van der Waals surface area contributed by atoms with Crippen molar-refractivity contribution in [1.82, 2.24) is 15.0 Å². The number of ether oxygens (including phenoxy) is 1. The Morgan fingerprint density at radius 1 is 0.909 bits per heavy atom. The van der Waals surface area contributed by atoms with E-state index < -0.39 is 47.3 Å². The molecule has 0 aliphatic rings. The van der Waals surface area contributed by atoms with Crippen molar-refractivity contribution < 1.29 is 28.8 Å². The van der Waals surface area contributed by atoms with Gasteiger partial charge in [0.2, 0.25) is 11.8 Å². The fourth-order valence-corrected chi connectivity index (χ4v) is 5.18. The van der Waals surface area contributed by atoms with E-state index in [1.54, 1.807) is 26.8 Å². The Labute approximate surface area is 254 Å². The van der Waals surface area contributed by atoms with Gasteiger partial charge in [-0.15, -0.1) is 0 Å². The predicted octanol–water partition coefficient (Wildman–Crippen LogP) is 5.47. The van der Waals surface area contributed by atoms with Crippen molar-refractivity contribution in [2.24, 2.45) is 11.7 Å². The summed E-state index contributed by atoms with van der Waals surface area (Å²) in [6.07, 6.45) is 0.195. The molecule has 5 aromatic rings. The zero-order valence-electron chi connectivity index (χ0n) is 24.9. The molecular weight excluding hydrogens is 560 g/mol. The first kappa shape index (κ1) is 30.4. The number of carboxylic acids is 1. The van der Waals surface area contributed by atoms with Gasteiger partial charge in [0.1, 0.15) is 11.6 Å². The predicted molar refractivity (Wildman–Crippen MR) is 165 cm³/mol. The summed E-state index contributed by atoms with van der Waals surface area (Å²) >= 11 is 0.